The fourth-order valence-electron chi connectivity index (χ4n) is 3.52. The molecular formula is C21H26O2Si. The minimum absolute atomic E-state index is 0.0156. The Labute approximate surface area is 146 Å². The maximum absolute atomic E-state index is 6.82. The third-order valence-electron chi connectivity index (χ3n) is 4.67. The van der Waals surface area contributed by atoms with Gasteiger partial charge in [-0.2, -0.15) is 0 Å². The minimum Gasteiger partial charge on any atom is -0.496 e. The first-order valence-electron chi connectivity index (χ1n) is 8.59. The number of rotatable bonds is 5. The van der Waals surface area contributed by atoms with Crippen LogP contribution in [0.15, 0.2) is 73.0 Å². The fraction of sp³-hybridized carbons (Fsp3) is 0.333. The monoisotopic (exact) mass is 338 g/mol. The summed E-state index contributed by atoms with van der Waals surface area (Å²) in [4.78, 5) is 0. The molecular weight excluding hydrogens is 312 g/mol. The molecule has 1 atom stereocenters. The molecule has 0 aromatic heterocycles. The molecule has 3 heteroatoms. The van der Waals surface area contributed by atoms with Gasteiger partial charge in [-0.25, -0.2) is 0 Å². The van der Waals surface area contributed by atoms with Crippen molar-refractivity contribution in [2.75, 3.05) is 6.61 Å². The summed E-state index contributed by atoms with van der Waals surface area (Å²) in [5, 5.41) is 2.64. The summed E-state index contributed by atoms with van der Waals surface area (Å²) in [6, 6.07) is 21.5. The van der Waals surface area contributed by atoms with Crippen LogP contribution in [0.3, 0.4) is 0 Å². The van der Waals surface area contributed by atoms with E-state index >= 15 is 0 Å². The van der Waals surface area contributed by atoms with Crippen molar-refractivity contribution in [3.8, 4) is 0 Å². The summed E-state index contributed by atoms with van der Waals surface area (Å²) in [6.45, 7) is 7.52. The van der Waals surface area contributed by atoms with Crippen molar-refractivity contribution >= 4 is 18.7 Å². The number of ether oxygens (including phenoxy) is 1. The molecule has 1 aliphatic rings. The molecule has 0 fully saturated rings. The number of hydrogen-bond donors (Lipinski definition) is 0. The Balaban J connectivity index is 2.06. The summed E-state index contributed by atoms with van der Waals surface area (Å²) >= 11 is 0. The standard InChI is InChI=1S/C21H26O2Si/c1-21(2,3)24(19-12-6-4-7-13-19,20-14-8-5-9-15-20)23-17-18-11-10-16-22-18/h4-10,12-16,18H,11,17H2,1-3H3/t18-/m0/s1. The molecule has 0 unspecified atom stereocenters. The quantitative estimate of drug-likeness (QED) is 0.771. The van der Waals surface area contributed by atoms with E-state index in [1.807, 2.05) is 0 Å². The summed E-state index contributed by atoms with van der Waals surface area (Å²) in [5.41, 5.74) is 0. The number of benzene rings is 2. The van der Waals surface area contributed by atoms with Gasteiger partial charge in [0.15, 0.2) is 0 Å². The summed E-state index contributed by atoms with van der Waals surface area (Å²) in [7, 11) is -2.42. The van der Waals surface area contributed by atoms with Crippen molar-refractivity contribution < 1.29 is 9.16 Å². The molecule has 2 nitrogen and oxygen atoms in total. The molecule has 0 radical (unpaired) electrons. The molecule has 0 amide bonds. The van der Waals surface area contributed by atoms with E-state index in [0.717, 1.165) is 6.42 Å². The third kappa shape index (κ3) is 3.19. The van der Waals surface area contributed by atoms with Crippen LogP contribution in [0.25, 0.3) is 0 Å². The summed E-state index contributed by atoms with van der Waals surface area (Å²) in [6.07, 6.45) is 4.92. The van der Waals surface area contributed by atoms with Crippen LogP contribution in [0.4, 0.5) is 0 Å². The van der Waals surface area contributed by atoms with Gasteiger partial charge in [0.25, 0.3) is 8.32 Å². The Morgan fingerprint density at radius 1 is 0.958 bits per heavy atom. The first-order valence-corrected chi connectivity index (χ1v) is 10.5. The van der Waals surface area contributed by atoms with E-state index in [0.29, 0.717) is 6.61 Å². The van der Waals surface area contributed by atoms with E-state index in [2.05, 4.69) is 87.5 Å². The maximum atomic E-state index is 6.82. The minimum atomic E-state index is -2.42. The van der Waals surface area contributed by atoms with Crippen molar-refractivity contribution in [1.82, 2.24) is 0 Å². The van der Waals surface area contributed by atoms with Crippen molar-refractivity contribution in [3.63, 3.8) is 0 Å². The average Bonchev–Trinajstić information content (AvgIpc) is 3.10. The molecule has 0 N–H and O–H groups in total. The predicted molar refractivity (Wildman–Crippen MR) is 102 cm³/mol. The zero-order chi connectivity index (χ0) is 17.0. The lowest BCUT2D eigenvalue weighted by Crippen LogP contribution is -2.67. The SMILES string of the molecule is CC(C)(C)[Si](OC[C@@H]1CC=CO1)(c1ccccc1)c1ccccc1. The number of hydrogen-bond acceptors (Lipinski definition) is 2. The van der Waals surface area contributed by atoms with Gasteiger partial charge in [0.05, 0.1) is 12.9 Å². The highest BCUT2D eigenvalue weighted by molar-refractivity contribution is 6.99. The molecule has 0 spiro atoms. The largest absolute Gasteiger partial charge is 0.496 e. The average molecular weight is 339 g/mol. The Morgan fingerprint density at radius 3 is 1.92 bits per heavy atom. The second-order valence-electron chi connectivity index (χ2n) is 7.34. The van der Waals surface area contributed by atoms with Gasteiger partial charge in [0.1, 0.15) is 6.10 Å². The summed E-state index contributed by atoms with van der Waals surface area (Å²) in [5.74, 6) is 0. The topological polar surface area (TPSA) is 18.5 Å². The lowest BCUT2D eigenvalue weighted by Gasteiger charge is -2.43. The van der Waals surface area contributed by atoms with Gasteiger partial charge in [-0.1, -0.05) is 81.4 Å². The van der Waals surface area contributed by atoms with Gasteiger partial charge >= 0.3 is 0 Å². The van der Waals surface area contributed by atoms with Crippen LogP contribution in [0.1, 0.15) is 27.2 Å². The molecule has 0 aliphatic carbocycles. The predicted octanol–water partition coefficient (Wildman–Crippen LogP) is 3.87. The highest BCUT2D eigenvalue weighted by Gasteiger charge is 2.50. The smallest absolute Gasteiger partial charge is 0.261 e. The van der Waals surface area contributed by atoms with Crippen LogP contribution in [-0.2, 0) is 9.16 Å². The molecule has 0 bridgehead atoms. The maximum Gasteiger partial charge on any atom is 0.261 e. The molecule has 126 valence electrons. The molecule has 0 saturated heterocycles. The normalized spacial score (nSPS) is 17.7. The van der Waals surface area contributed by atoms with E-state index in [4.69, 9.17) is 9.16 Å². The van der Waals surface area contributed by atoms with Crippen LogP contribution in [-0.4, -0.2) is 21.0 Å². The Hall–Kier alpha value is -1.84. The van der Waals surface area contributed by atoms with Gasteiger partial charge in [-0.05, 0) is 21.5 Å². The van der Waals surface area contributed by atoms with Crippen molar-refractivity contribution in [2.24, 2.45) is 0 Å². The molecule has 2 aromatic carbocycles. The van der Waals surface area contributed by atoms with Gasteiger partial charge in [-0.3, -0.25) is 0 Å². The van der Waals surface area contributed by atoms with Gasteiger partial charge < -0.3 is 9.16 Å². The van der Waals surface area contributed by atoms with Crippen LogP contribution in [0, 0.1) is 0 Å². The van der Waals surface area contributed by atoms with E-state index in [9.17, 15) is 0 Å². The van der Waals surface area contributed by atoms with E-state index in [-0.39, 0.29) is 11.1 Å². The fourth-order valence-corrected chi connectivity index (χ4v) is 8.11. The Bertz CT molecular complexity index is 626. The van der Waals surface area contributed by atoms with Crippen LogP contribution >= 0.6 is 0 Å². The molecule has 0 saturated carbocycles. The molecule has 2 aromatic rings. The highest BCUT2D eigenvalue weighted by atomic mass is 28.4. The first kappa shape index (κ1) is 17.0. The van der Waals surface area contributed by atoms with E-state index in [1.165, 1.54) is 10.4 Å². The van der Waals surface area contributed by atoms with Crippen LogP contribution in [0.2, 0.25) is 5.04 Å². The molecule has 1 heterocycles. The molecule has 3 rings (SSSR count). The van der Waals surface area contributed by atoms with Crippen molar-refractivity contribution in [3.05, 3.63) is 73.0 Å². The second-order valence-corrected chi connectivity index (χ2v) is 11.6. The van der Waals surface area contributed by atoms with Crippen molar-refractivity contribution in [1.29, 1.82) is 0 Å². The summed E-state index contributed by atoms with van der Waals surface area (Å²) < 4.78 is 12.5. The molecule has 1 aliphatic heterocycles. The lowest BCUT2D eigenvalue weighted by atomic mass is 10.2. The van der Waals surface area contributed by atoms with Crippen molar-refractivity contribution in [2.45, 2.75) is 38.3 Å². The second kappa shape index (κ2) is 6.95. The first-order chi connectivity index (χ1) is 11.5. The lowest BCUT2D eigenvalue weighted by molar-refractivity contribution is 0.103. The highest BCUT2D eigenvalue weighted by Crippen LogP contribution is 2.37. The molecule has 24 heavy (non-hydrogen) atoms. The van der Waals surface area contributed by atoms with Gasteiger partial charge in [-0.15, -0.1) is 0 Å². The Kier molecular flexibility index (Phi) is 4.92. The Morgan fingerprint density at radius 2 is 1.50 bits per heavy atom. The van der Waals surface area contributed by atoms with E-state index in [1.54, 1.807) is 6.26 Å². The third-order valence-corrected chi connectivity index (χ3v) is 9.67. The van der Waals surface area contributed by atoms with Crippen LogP contribution < -0.4 is 10.4 Å². The van der Waals surface area contributed by atoms with Gasteiger partial charge in [0, 0.05) is 6.42 Å². The zero-order valence-electron chi connectivity index (χ0n) is 14.7. The zero-order valence-corrected chi connectivity index (χ0v) is 15.7. The van der Waals surface area contributed by atoms with Crippen LogP contribution in [0.5, 0.6) is 0 Å². The van der Waals surface area contributed by atoms with E-state index < -0.39 is 8.32 Å². The van der Waals surface area contributed by atoms with Gasteiger partial charge in [0.2, 0.25) is 0 Å².